The predicted octanol–water partition coefficient (Wildman–Crippen LogP) is 3.42. The highest BCUT2D eigenvalue weighted by molar-refractivity contribution is 5.68. The molecule has 2 aliphatic heterocycles. The molecule has 2 aromatic carbocycles. The molecule has 0 radical (unpaired) electrons. The van der Waals surface area contributed by atoms with E-state index in [4.69, 9.17) is 4.84 Å². The van der Waals surface area contributed by atoms with Gasteiger partial charge in [-0.3, -0.25) is 0 Å². The number of nitrogens with one attached hydrogen (secondary N) is 1. The van der Waals surface area contributed by atoms with E-state index < -0.39 is 6.10 Å². The molecule has 4 nitrogen and oxygen atoms in total. The molecule has 132 valence electrons. The second-order valence-electron chi connectivity index (χ2n) is 6.46. The van der Waals surface area contributed by atoms with Gasteiger partial charge in [-0.15, -0.1) is 5.06 Å². The van der Waals surface area contributed by atoms with Crippen LogP contribution in [0.2, 0.25) is 0 Å². The first-order valence-electron chi connectivity index (χ1n) is 8.79. The largest absolute Gasteiger partial charge is 0.405 e. The van der Waals surface area contributed by atoms with E-state index in [0.717, 1.165) is 28.8 Å². The molecule has 26 heavy (non-hydrogen) atoms. The highest BCUT2D eigenvalue weighted by atomic mass is 16.7. The first-order valence-corrected chi connectivity index (χ1v) is 8.79. The van der Waals surface area contributed by atoms with Crippen LogP contribution in [-0.2, 0) is 4.84 Å². The Morgan fingerprint density at radius 1 is 1.08 bits per heavy atom. The molecule has 0 fully saturated rings. The summed E-state index contributed by atoms with van der Waals surface area (Å²) in [6.45, 7) is 0.777. The van der Waals surface area contributed by atoms with Gasteiger partial charge in [0.15, 0.2) is 5.76 Å². The van der Waals surface area contributed by atoms with Gasteiger partial charge in [-0.25, -0.2) is 0 Å². The number of nitrogens with zero attached hydrogens (tertiary/aromatic N) is 1. The van der Waals surface area contributed by atoms with Crippen LogP contribution in [-0.4, -0.2) is 29.9 Å². The lowest BCUT2D eigenvalue weighted by Crippen LogP contribution is -2.26. The van der Waals surface area contributed by atoms with Crippen LogP contribution in [0.15, 0.2) is 90.2 Å². The van der Waals surface area contributed by atoms with E-state index in [1.54, 1.807) is 0 Å². The lowest BCUT2D eigenvalue weighted by Gasteiger charge is -2.24. The van der Waals surface area contributed by atoms with Gasteiger partial charge in [0.2, 0.25) is 0 Å². The summed E-state index contributed by atoms with van der Waals surface area (Å²) in [5, 5.41) is 16.2. The maximum Gasteiger partial charge on any atom is 0.158 e. The van der Waals surface area contributed by atoms with Gasteiger partial charge in [-0.1, -0.05) is 72.8 Å². The Balaban J connectivity index is 1.84. The Labute approximate surface area is 153 Å². The summed E-state index contributed by atoms with van der Waals surface area (Å²) in [4.78, 5) is 6.12. The number of dihydropyridines is 1. The molecule has 0 saturated heterocycles. The highest BCUT2D eigenvalue weighted by Crippen LogP contribution is 2.44. The zero-order chi connectivity index (χ0) is 17.9. The van der Waals surface area contributed by atoms with Gasteiger partial charge in [0.25, 0.3) is 0 Å². The third kappa shape index (κ3) is 3.05. The van der Waals surface area contributed by atoms with E-state index in [-0.39, 0.29) is 6.04 Å². The number of hydrogen-bond acceptors (Lipinski definition) is 4. The van der Waals surface area contributed by atoms with Gasteiger partial charge < -0.3 is 15.3 Å². The fourth-order valence-corrected chi connectivity index (χ4v) is 3.51. The minimum Gasteiger partial charge on any atom is -0.405 e. The summed E-state index contributed by atoms with van der Waals surface area (Å²) in [6.07, 6.45) is 5.10. The van der Waals surface area contributed by atoms with Crippen molar-refractivity contribution >= 4 is 5.76 Å². The fourth-order valence-electron chi connectivity index (χ4n) is 3.51. The maximum atomic E-state index is 11.2. The molecular formula is C22H22N2O2. The van der Waals surface area contributed by atoms with Gasteiger partial charge in [-0.05, 0) is 5.56 Å². The molecule has 4 rings (SSSR count). The zero-order valence-electron chi connectivity index (χ0n) is 14.7. The summed E-state index contributed by atoms with van der Waals surface area (Å²) >= 11 is 0. The minimum atomic E-state index is -0.760. The SMILES string of the molecule is CN1OC(c2ccccc2)=C(C(O)C2=CNCC=C2)C1c1ccccc1. The molecule has 2 unspecified atom stereocenters. The Hall–Kier alpha value is -2.82. The number of aliphatic hydroxyl groups excluding tert-OH is 1. The number of aliphatic hydroxyl groups is 1. The van der Waals surface area contributed by atoms with Crippen LogP contribution in [0.25, 0.3) is 5.76 Å². The van der Waals surface area contributed by atoms with E-state index in [1.165, 1.54) is 0 Å². The van der Waals surface area contributed by atoms with E-state index in [2.05, 4.69) is 17.4 Å². The quantitative estimate of drug-likeness (QED) is 0.890. The zero-order valence-corrected chi connectivity index (χ0v) is 14.7. The van der Waals surface area contributed by atoms with Crippen LogP contribution in [0.5, 0.6) is 0 Å². The first-order chi connectivity index (χ1) is 12.8. The van der Waals surface area contributed by atoms with Crippen molar-refractivity contribution in [3.8, 4) is 0 Å². The van der Waals surface area contributed by atoms with Crippen molar-refractivity contribution in [3.05, 3.63) is 101 Å². The molecule has 0 spiro atoms. The monoisotopic (exact) mass is 346 g/mol. The molecule has 2 aliphatic rings. The summed E-state index contributed by atoms with van der Waals surface area (Å²) < 4.78 is 0. The predicted molar refractivity (Wildman–Crippen MR) is 103 cm³/mol. The number of benzene rings is 2. The Bertz CT molecular complexity index is 856. The number of hydrogen-bond donors (Lipinski definition) is 2. The number of hydroxylamine groups is 2. The third-order valence-corrected chi connectivity index (χ3v) is 4.73. The van der Waals surface area contributed by atoms with E-state index in [0.29, 0.717) is 5.76 Å². The van der Waals surface area contributed by atoms with Crippen molar-refractivity contribution in [2.24, 2.45) is 0 Å². The van der Waals surface area contributed by atoms with Crippen molar-refractivity contribution in [3.63, 3.8) is 0 Å². The molecule has 0 aliphatic carbocycles. The van der Waals surface area contributed by atoms with Crippen LogP contribution < -0.4 is 5.32 Å². The molecule has 2 heterocycles. The molecule has 0 amide bonds. The smallest absolute Gasteiger partial charge is 0.158 e. The summed E-state index contributed by atoms with van der Waals surface area (Å²) in [7, 11) is 1.91. The van der Waals surface area contributed by atoms with Crippen LogP contribution in [0, 0.1) is 0 Å². The van der Waals surface area contributed by atoms with Gasteiger partial charge in [-0.2, -0.15) is 0 Å². The minimum absolute atomic E-state index is 0.155. The molecule has 0 saturated carbocycles. The van der Waals surface area contributed by atoms with Crippen molar-refractivity contribution < 1.29 is 9.94 Å². The first kappa shape index (κ1) is 16.6. The van der Waals surface area contributed by atoms with E-state index >= 15 is 0 Å². The van der Waals surface area contributed by atoms with Crippen LogP contribution in [0.1, 0.15) is 17.2 Å². The Kier molecular flexibility index (Phi) is 4.61. The average molecular weight is 346 g/mol. The Morgan fingerprint density at radius 2 is 1.77 bits per heavy atom. The normalized spacial score (nSPS) is 21.2. The van der Waals surface area contributed by atoms with Crippen molar-refractivity contribution in [2.75, 3.05) is 13.6 Å². The highest BCUT2D eigenvalue weighted by Gasteiger charge is 2.39. The fraction of sp³-hybridized carbons (Fsp3) is 0.182. The summed E-state index contributed by atoms with van der Waals surface area (Å²) in [6, 6.07) is 19.9. The second kappa shape index (κ2) is 7.20. The molecule has 2 N–H and O–H groups in total. The molecule has 2 atom stereocenters. The molecule has 2 aromatic rings. The lowest BCUT2D eigenvalue weighted by atomic mass is 9.88. The maximum absolute atomic E-state index is 11.2. The molecule has 0 aromatic heterocycles. The summed E-state index contributed by atoms with van der Waals surface area (Å²) in [5.74, 6) is 0.717. The Morgan fingerprint density at radius 3 is 2.42 bits per heavy atom. The van der Waals surface area contributed by atoms with Crippen LogP contribution in [0.3, 0.4) is 0 Å². The standard InChI is InChI=1S/C22H22N2O2/c1-24-20(16-9-4-2-5-10-16)19(21(25)18-13-8-14-23-15-18)22(26-24)17-11-6-3-7-12-17/h2-13,15,20-21,23,25H,14H2,1H3. The average Bonchev–Trinajstić information content (AvgIpc) is 3.06. The topological polar surface area (TPSA) is 44.7 Å². The van der Waals surface area contributed by atoms with Crippen molar-refractivity contribution in [2.45, 2.75) is 12.1 Å². The lowest BCUT2D eigenvalue weighted by molar-refractivity contribution is -0.0686. The molecule has 0 bridgehead atoms. The van der Waals surface area contributed by atoms with Gasteiger partial charge in [0.1, 0.15) is 6.10 Å². The van der Waals surface area contributed by atoms with Crippen molar-refractivity contribution in [1.29, 1.82) is 0 Å². The molecule has 4 heteroatoms. The number of rotatable bonds is 4. The van der Waals surface area contributed by atoms with E-state index in [1.807, 2.05) is 79.0 Å². The van der Waals surface area contributed by atoms with Gasteiger partial charge >= 0.3 is 0 Å². The number of likely N-dealkylation sites (N-methyl/N-ethyl adjacent to an activating group) is 1. The van der Waals surface area contributed by atoms with Gasteiger partial charge in [0.05, 0.1) is 6.04 Å². The van der Waals surface area contributed by atoms with Crippen molar-refractivity contribution in [1.82, 2.24) is 10.4 Å². The second-order valence-corrected chi connectivity index (χ2v) is 6.46. The van der Waals surface area contributed by atoms with E-state index in [9.17, 15) is 5.11 Å². The summed E-state index contributed by atoms with van der Waals surface area (Å²) in [5.41, 5.74) is 3.73. The molecular weight excluding hydrogens is 324 g/mol. The van der Waals surface area contributed by atoms with Gasteiger partial charge in [0, 0.05) is 36.5 Å². The van der Waals surface area contributed by atoms with Crippen LogP contribution >= 0.6 is 0 Å². The third-order valence-electron chi connectivity index (χ3n) is 4.73. The van der Waals surface area contributed by atoms with Crippen LogP contribution in [0.4, 0.5) is 0 Å².